The summed E-state index contributed by atoms with van der Waals surface area (Å²) in [6, 6.07) is 13.1. The van der Waals surface area contributed by atoms with Gasteiger partial charge in [-0.1, -0.05) is 130 Å². The first-order valence-electron chi connectivity index (χ1n) is 12.1. The fourth-order valence-corrected chi connectivity index (χ4v) is 4.06. The number of rotatable bonds is 16. The van der Waals surface area contributed by atoms with Crippen LogP contribution in [0.1, 0.15) is 81.5 Å². The number of unbranched alkanes of at least 4 members (excludes halogenated alkanes) is 9. The topological polar surface area (TPSA) is 55.4 Å². The monoisotopic (exact) mass is 525 g/mol. The lowest BCUT2D eigenvalue weighted by molar-refractivity contribution is -0.116. The van der Waals surface area contributed by atoms with Gasteiger partial charge in [0.1, 0.15) is 5.75 Å². The van der Waals surface area contributed by atoms with E-state index in [0.29, 0.717) is 23.1 Å². The number of ketones is 1. The number of anilines is 1. The molecule has 0 spiro atoms. The van der Waals surface area contributed by atoms with E-state index >= 15 is 0 Å². The fraction of sp³-hybridized carbons (Fsp3) is 0.481. The summed E-state index contributed by atoms with van der Waals surface area (Å²) in [5, 5.41) is 3.01. The van der Waals surface area contributed by atoms with E-state index < -0.39 is 16.0 Å². The first-order chi connectivity index (χ1) is 16.4. The lowest BCUT2D eigenvalue weighted by Gasteiger charge is -2.19. The lowest BCUT2D eigenvalue weighted by atomic mass is 10.1. The minimum Gasteiger partial charge on any atom is -0.491 e. The van der Waals surface area contributed by atoms with Crippen molar-refractivity contribution < 1.29 is 14.3 Å². The standard InChI is InChI=1S/C27H34Cl3NO3/c1-2-3-4-5-6-7-8-9-10-14-19-34-24-18-17-22(28)20-23(24)31-26(33)27(29,30)25(32)21-15-12-11-13-16-21/h11-13,15-18,20H,2-10,14,19H2,1H3,(H,31,33). The van der Waals surface area contributed by atoms with Gasteiger partial charge in [-0.05, 0) is 24.6 Å². The minimum atomic E-state index is -2.29. The van der Waals surface area contributed by atoms with Crippen molar-refractivity contribution in [3.8, 4) is 5.75 Å². The molecular formula is C27H34Cl3NO3. The van der Waals surface area contributed by atoms with Gasteiger partial charge in [-0.3, -0.25) is 9.59 Å². The highest BCUT2D eigenvalue weighted by molar-refractivity contribution is 6.70. The summed E-state index contributed by atoms with van der Waals surface area (Å²) >= 11 is 18.4. The molecule has 186 valence electrons. The average molecular weight is 527 g/mol. The molecule has 2 aromatic rings. The number of amides is 1. The number of carbonyl (C=O) groups excluding carboxylic acids is 2. The SMILES string of the molecule is CCCCCCCCCCCCOc1ccc(Cl)cc1NC(=O)C(Cl)(Cl)C(=O)c1ccccc1. The minimum absolute atomic E-state index is 0.242. The highest BCUT2D eigenvalue weighted by atomic mass is 35.5. The zero-order chi connectivity index (χ0) is 24.8. The van der Waals surface area contributed by atoms with Crippen LogP contribution in [-0.4, -0.2) is 22.6 Å². The third kappa shape index (κ3) is 9.48. The smallest absolute Gasteiger partial charge is 0.269 e. The van der Waals surface area contributed by atoms with Gasteiger partial charge in [0.15, 0.2) is 0 Å². The van der Waals surface area contributed by atoms with Gasteiger partial charge in [-0.25, -0.2) is 0 Å². The summed E-state index contributed by atoms with van der Waals surface area (Å²) < 4.78 is 3.58. The largest absolute Gasteiger partial charge is 0.491 e. The molecule has 0 radical (unpaired) electrons. The van der Waals surface area contributed by atoms with E-state index in [1.54, 1.807) is 48.5 Å². The second kappa shape index (κ2) is 15.3. The molecule has 2 rings (SSSR count). The van der Waals surface area contributed by atoms with Crippen molar-refractivity contribution >= 4 is 52.2 Å². The van der Waals surface area contributed by atoms with Crippen LogP contribution >= 0.6 is 34.8 Å². The summed E-state index contributed by atoms with van der Waals surface area (Å²) in [5.74, 6) is -1.12. The summed E-state index contributed by atoms with van der Waals surface area (Å²) in [6.45, 7) is 2.75. The molecule has 7 heteroatoms. The Balaban J connectivity index is 1.83. The van der Waals surface area contributed by atoms with Crippen molar-refractivity contribution in [2.75, 3.05) is 11.9 Å². The molecule has 0 saturated carbocycles. The summed E-state index contributed by atoms with van der Waals surface area (Å²) in [7, 11) is 0. The van der Waals surface area contributed by atoms with Gasteiger partial charge in [-0.2, -0.15) is 0 Å². The van der Waals surface area contributed by atoms with Crippen molar-refractivity contribution in [1.29, 1.82) is 0 Å². The molecule has 34 heavy (non-hydrogen) atoms. The van der Waals surface area contributed by atoms with E-state index in [0.717, 1.165) is 12.8 Å². The third-order valence-corrected chi connectivity index (χ3v) is 6.47. The van der Waals surface area contributed by atoms with Gasteiger partial charge >= 0.3 is 0 Å². The average Bonchev–Trinajstić information content (AvgIpc) is 2.83. The van der Waals surface area contributed by atoms with Crippen LogP contribution in [0.3, 0.4) is 0 Å². The molecule has 0 saturated heterocycles. The number of ether oxygens (including phenoxy) is 1. The van der Waals surface area contributed by atoms with E-state index in [1.807, 2.05) is 0 Å². The van der Waals surface area contributed by atoms with Crippen LogP contribution in [0.4, 0.5) is 5.69 Å². The molecule has 0 heterocycles. The highest BCUT2D eigenvalue weighted by Crippen LogP contribution is 2.32. The van der Waals surface area contributed by atoms with E-state index in [2.05, 4.69) is 12.2 Å². The summed E-state index contributed by atoms with van der Waals surface area (Å²) in [4.78, 5) is 25.4. The van der Waals surface area contributed by atoms with Crippen molar-refractivity contribution in [2.24, 2.45) is 0 Å². The lowest BCUT2D eigenvalue weighted by Crippen LogP contribution is -2.40. The Hall–Kier alpha value is -1.75. The molecule has 0 unspecified atom stereocenters. The quantitative estimate of drug-likeness (QED) is 0.103. The molecule has 1 N–H and O–H groups in total. The number of alkyl halides is 2. The molecule has 0 fully saturated rings. The van der Waals surface area contributed by atoms with Crippen LogP contribution in [0.5, 0.6) is 5.75 Å². The normalized spacial score (nSPS) is 11.3. The Labute approximate surface area is 218 Å². The van der Waals surface area contributed by atoms with Gasteiger partial charge < -0.3 is 10.1 Å². The second-order valence-electron chi connectivity index (χ2n) is 8.39. The van der Waals surface area contributed by atoms with E-state index in [9.17, 15) is 9.59 Å². The molecule has 0 aromatic heterocycles. The first-order valence-corrected chi connectivity index (χ1v) is 13.2. The summed E-state index contributed by atoms with van der Waals surface area (Å²) in [6.07, 6.45) is 12.3. The molecule has 0 aliphatic carbocycles. The van der Waals surface area contributed by atoms with Crippen LogP contribution in [0.25, 0.3) is 0 Å². The molecule has 0 aliphatic heterocycles. The van der Waals surface area contributed by atoms with Gasteiger partial charge in [0, 0.05) is 10.6 Å². The number of benzene rings is 2. The number of Topliss-reactive ketones (excluding diaryl/α,β-unsaturated/α-hetero) is 1. The van der Waals surface area contributed by atoms with Gasteiger partial charge in [0.05, 0.1) is 12.3 Å². The maximum atomic E-state index is 12.8. The van der Waals surface area contributed by atoms with Crippen molar-refractivity contribution in [2.45, 2.75) is 75.5 Å². The molecule has 1 amide bonds. The maximum absolute atomic E-state index is 12.8. The van der Waals surface area contributed by atoms with Crippen LogP contribution in [0.2, 0.25) is 5.02 Å². The third-order valence-electron chi connectivity index (χ3n) is 5.55. The highest BCUT2D eigenvalue weighted by Gasteiger charge is 2.42. The molecule has 4 nitrogen and oxygen atoms in total. The number of carbonyl (C=O) groups is 2. The Morgan fingerprint density at radius 1 is 0.853 bits per heavy atom. The number of halogens is 3. The predicted molar refractivity (Wildman–Crippen MR) is 143 cm³/mol. The summed E-state index contributed by atoms with van der Waals surface area (Å²) in [5.41, 5.74) is 0.558. The van der Waals surface area contributed by atoms with Crippen LogP contribution in [0, 0.1) is 0 Å². The van der Waals surface area contributed by atoms with Crippen LogP contribution < -0.4 is 10.1 Å². The molecule has 0 aliphatic rings. The van der Waals surface area contributed by atoms with Crippen molar-refractivity contribution in [3.63, 3.8) is 0 Å². The number of nitrogens with one attached hydrogen (secondary N) is 1. The maximum Gasteiger partial charge on any atom is 0.269 e. The van der Waals surface area contributed by atoms with Gasteiger partial charge in [0.2, 0.25) is 5.78 Å². The van der Waals surface area contributed by atoms with Crippen molar-refractivity contribution in [1.82, 2.24) is 0 Å². The van der Waals surface area contributed by atoms with E-state index in [-0.39, 0.29) is 5.56 Å². The number of hydrogen-bond donors (Lipinski definition) is 1. The molecule has 0 bridgehead atoms. The van der Waals surface area contributed by atoms with Crippen LogP contribution in [-0.2, 0) is 4.79 Å². The second-order valence-corrected chi connectivity index (χ2v) is 10.2. The first kappa shape index (κ1) is 28.5. The van der Waals surface area contributed by atoms with Gasteiger partial charge in [-0.15, -0.1) is 0 Å². The van der Waals surface area contributed by atoms with Crippen molar-refractivity contribution in [3.05, 3.63) is 59.1 Å². The zero-order valence-corrected chi connectivity index (χ0v) is 22.0. The Morgan fingerprint density at radius 3 is 2.06 bits per heavy atom. The number of hydrogen-bond acceptors (Lipinski definition) is 3. The molecule has 2 aromatic carbocycles. The Bertz CT molecular complexity index is 903. The van der Waals surface area contributed by atoms with E-state index in [4.69, 9.17) is 39.5 Å². The fourth-order valence-electron chi connectivity index (χ4n) is 3.57. The Kier molecular flexibility index (Phi) is 12.8. The van der Waals surface area contributed by atoms with E-state index in [1.165, 1.54) is 51.4 Å². The van der Waals surface area contributed by atoms with Gasteiger partial charge in [0.25, 0.3) is 10.2 Å². The predicted octanol–water partition coefficient (Wildman–Crippen LogP) is 8.64. The Morgan fingerprint density at radius 2 is 1.44 bits per heavy atom. The zero-order valence-electron chi connectivity index (χ0n) is 19.8. The molecular weight excluding hydrogens is 493 g/mol. The van der Waals surface area contributed by atoms with Crippen LogP contribution in [0.15, 0.2) is 48.5 Å². The molecule has 0 atom stereocenters.